The van der Waals surface area contributed by atoms with Crippen molar-refractivity contribution in [3.05, 3.63) is 17.5 Å². The normalized spacial score (nSPS) is 21.1. The fourth-order valence-electron chi connectivity index (χ4n) is 2.28. The van der Waals surface area contributed by atoms with Gasteiger partial charge in [0, 0.05) is 50.0 Å². The number of aryl methyl sites for hydroxylation is 1. The Hall–Kier alpha value is -0.580. The molecule has 1 aromatic rings. The first-order chi connectivity index (χ1) is 8.08. The van der Waals surface area contributed by atoms with Gasteiger partial charge in [-0.05, 0) is 27.7 Å². The quantitative estimate of drug-likeness (QED) is 0.914. The van der Waals surface area contributed by atoms with Crippen LogP contribution >= 0.6 is 12.4 Å². The summed E-state index contributed by atoms with van der Waals surface area (Å²) < 4.78 is 2.07. The molecule has 0 amide bonds. The minimum Gasteiger partial charge on any atom is -0.314 e. The highest BCUT2D eigenvalue weighted by Crippen LogP contribution is 2.15. The highest BCUT2D eigenvalue weighted by molar-refractivity contribution is 5.85. The first kappa shape index (κ1) is 15.5. The van der Waals surface area contributed by atoms with E-state index in [1.807, 2.05) is 0 Å². The summed E-state index contributed by atoms with van der Waals surface area (Å²) in [5.74, 6) is 0. The molecule has 18 heavy (non-hydrogen) atoms. The van der Waals surface area contributed by atoms with Crippen LogP contribution in [0.4, 0.5) is 0 Å². The lowest BCUT2D eigenvalue weighted by molar-refractivity contribution is 0.165. The van der Waals surface area contributed by atoms with Crippen molar-refractivity contribution in [2.45, 2.75) is 46.3 Å². The molecule has 0 saturated carbocycles. The van der Waals surface area contributed by atoms with E-state index in [-0.39, 0.29) is 12.4 Å². The summed E-state index contributed by atoms with van der Waals surface area (Å²) in [5, 5.41) is 8.00. The fraction of sp³-hybridized carbons (Fsp3) is 0.769. The summed E-state index contributed by atoms with van der Waals surface area (Å²) in [6.45, 7) is 13.1. The largest absolute Gasteiger partial charge is 0.314 e. The van der Waals surface area contributed by atoms with Gasteiger partial charge >= 0.3 is 0 Å². The standard InChI is InChI=1S/C13H24N4.ClH/c1-10(2)17-9-13(12(4)15-17)8-16-6-5-14-7-11(16)3;/h9-11,14H,5-8H2,1-4H3;1H. The molecule has 104 valence electrons. The smallest absolute Gasteiger partial charge is 0.0638 e. The molecule has 0 radical (unpaired) electrons. The number of nitrogens with zero attached hydrogens (tertiary/aromatic N) is 3. The molecule has 2 rings (SSSR count). The average Bonchev–Trinajstić information content (AvgIpc) is 2.64. The highest BCUT2D eigenvalue weighted by atomic mass is 35.5. The van der Waals surface area contributed by atoms with Crippen LogP contribution in [0.1, 0.15) is 38.1 Å². The summed E-state index contributed by atoms with van der Waals surface area (Å²) in [6.07, 6.45) is 2.20. The molecule has 1 unspecified atom stereocenters. The van der Waals surface area contributed by atoms with Gasteiger partial charge in [-0.1, -0.05) is 0 Å². The van der Waals surface area contributed by atoms with Crippen LogP contribution in [0.3, 0.4) is 0 Å². The molecule has 5 heteroatoms. The first-order valence-electron chi connectivity index (χ1n) is 6.57. The molecule has 1 N–H and O–H groups in total. The number of halogens is 1. The van der Waals surface area contributed by atoms with Gasteiger partial charge in [0.25, 0.3) is 0 Å². The van der Waals surface area contributed by atoms with Crippen molar-refractivity contribution in [2.24, 2.45) is 0 Å². The van der Waals surface area contributed by atoms with Crippen molar-refractivity contribution in [3.63, 3.8) is 0 Å². The number of aromatic nitrogens is 2. The third kappa shape index (κ3) is 3.46. The second-order valence-electron chi connectivity index (χ2n) is 5.34. The Labute approximate surface area is 116 Å². The predicted molar refractivity (Wildman–Crippen MR) is 77.3 cm³/mol. The second-order valence-corrected chi connectivity index (χ2v) is 5.34. The summed E-state index contributed by atoms with van der Waals surface area (Å²) in [5.41, 5.74) is 2.54. The van der Waals surface area contributed by atoms with Gasteiger partial charge in [0.05, 0.1) is 5.69 Å². The fourth-order valence-corrected chi connectivity index (χ4v) is 2.28. The maximum atomic E-state index is 4.58. The van der Waals surface area contributed by atoms with Gasteiger partial charge in [0.1, 0.15) is 0 Å². The Bertz CT molecular complexity index is 375. The summed E-state index contributed by atoms with van der Waals surface area (Å²) in [6, 6.07) is 1.06. The molecular formula is C13H25ClN4. The molecule has 1 aliphatic rings. The van der Waals surface area contributed by atoms with Gasteiger partial charge in [0.15, 0.2) is 0 Å². The van der Waals surface area contributed by atoms with E-state index >= 15 is 0 Å². The minimum atomic E-state index is 0. The van der Waals surface area contributed by atoms with E-state index in [4.69, 9.17) is 0 Å². The van der Waals surface area contributed by atoms with Crippen molar-refractivity contribution in [2.75, 3.05) is 19.6 Å². The zero-order valence-corrected chi connectivity index (χ0v) is 12.6. The van der Waals surface area contributed by atoms with E-state index < -0.39 is 0 Å². The Balaban J connectivity index is 0.00000162. The van der Waals surface area contributed by atoms with Crippen LogP contribution in [-0.4, -0.2) is 40.4 Å². The maximum Gasteiger partial charge on any atom is 0.0638 e. The summed E-state index contributed by atoms with van der Waals surface area (Å²) >= 11 is 0. The lowest BCUT2D eigenvalue weighted by Gasteiger charge is -2.33. The number of hydrogen-bond donors (Lipinski definition) is 1. The van der Waals surface area contributed by atoms with E-state index in [0.717, 1.165) is 26.2 Å². The van der Waals surface area contributed by atoms with Crippen LogP contribution in [0.2, 0.25) is 0 Å². The average molecular weight is 273 g/mol. The van der Waals surface area contributed by atoms with E-state index in [2.05, 4.69) is 53.9 Å². The summed E-state index contributed by atoms with van der Waals surface area (Å²) in [7, 11) is 0. The maximum absolute atomic E-state index is 4.58. The van der Waals surface area contributed by atoms with Crippen molar-refractivity contribution in [1.82, 2.24) is 20.0 Å². The van der Waals surface area contributed by atoms with E-state index in [0.29, 0.717) is 12.1 Å². The predicted octanol–water partition coefficient (Wildman–Crippen LogP) is 1.99. The van der Waals surface area contributed by atoms with Gasteiger partial charge in [0.2, 0.25) is 0 Å². The van der Waals surface area contributed by atoms with Crippen LogP contribution in [0, 0.1) is 6.92 Å². The number of piperazine rings is 1. The Morgan fingerprint density at radius 2 is 2.22 bits per heavy atom. The van der Waals surface area contributed by atoms with Crippen molar-refractivity contribution in [1.29, 1.82) is 0 Å². The third-order valence-corrected chi connectivity index (χ3v) is 3.56. The minimum absolute atomic E-state index is 0. The molecule has 0 aliphatic carbocycles. The first-order valence-corrected chi connectivity index (χ1v) is 6.57. The topological polar surface area (TPSA) is 33.1 Å². The molecule has 1 atom stereocenters. The van der Waals surface area contributed by atoms with Gasteiger partial charge in [-0.15, -0.1) is 12.4 Å². The molecule has 0 spiro atoms. The van der Waals surface area contributed by atoms with Gasteiger partial charge in [-0.2, -0.15) is 5.10 Å². The summed E-state index contributed by atoms with van der Waals surface area (Å²) in [4.78, 5) is 2.53. The van der Waals surface area contributed by atoms with Crippen LogP contribution in [0.15, 0.2) is 6.20 Å². The van der Waals surface area contributed by atoms with Gasteiger partial charge < -0.3 is 5.32 Å². The second kappa shape index (κ2) is 6.55. The molecule has 1 saturated heterocycles. The van der Waals surface area contributed by atoms with Gasteiger partial charge in [-0.25, -0.2) is 0 Å². The molecule has 0 aromatic carbocycles. The number of hydrogen-bond acceptors (Lipinski definition) is 3. The SMILES string of the molecule is Cc1nn(C(C)C)cc1CN1CCNCC1C.Cl. The van der Waals surface area contributed by atoms with E-state index in [1.54, 1.807) is 0 Å². The molecule has 1 fully saturated rings. The van der Waals surface area contributed by atoms with Crippen LogP contribution < -0.4 is 5.32 Å². The highest BCUT2D eigenvalue weighted by Gasteiger charge is 2.19. The molecule has 1 aliphatic heterocycles. The van der Waals surface area contributed by atoms with Crippen molar-refractivity contribution in [3.8, 4) is 0 Å². The number of nitrogens with one attached hydrogen (secondary N) is 1. The van der Waals surface area contributed by atoms with Gasteiger partial charge in [-0.3, -0.25) is 9.58 Å². The van der Waals surface area contributed by atoms with Crippen LogP contribution in [-0.2, 0) is 6.54 Å². The molecule has 2 heterocycles. The molecule has 0 bridgehead atoms. The third-order valence-electron chi connectivity index (χ3n) is 3.56. The van der Waals surface area contributed by atoms with Crippen molar-refractivity contribution < 1.29 is 0 Å². The number of rotatable bonds is 3. The van der Waals surface area contributed by atoms with Crippen molar-refractivity contribution >= 4 is 12.4 Å². The van der Waals surface area contributed by atoms with E-state index in [1.165, 1.54) is 11.3 Å². The van der Waals surface area contributed by atoms with E-state index in [9.17, 15) is 0 Å². The Morgan fingerprint density at radius 1 is 1.50 bits per heavy atom. The van der Waals surface area contributed by atoms with Crippen LogP contribution in [0.25, 0.3) is 0 Å². The Morgan fingerprint density at radius 3 is 2.78 bits per heavy atom. The molecule has 4 nitrogen and oxygen atoms in total. The molecular weight excluding hydrogens is 248 g/mol. The monoisotopic (exact) mass is 272 g/mol. The zero-order chi connectivity index (χ0) is 12.4. The lowest BCUT2D eigenvalue weighted by Crippen LogP contribution is -2.49. The lowest BCUT2D eigenvalue weighted by atomic mass is 10.1. The van der Waals surface area contributed by atoms with Crippen LogP contribution in [0.5, 0.6) is 0 Å². The zero-order valence-electron chi connectivity index (χ0n) is 11.8. The Kier molecular flexibility index (Phi) is 5.63. The molecule has 1 aromatic heterocycles.